The number of anilines is 1. The molecule has 0 bridgehead atoms. The van der Waals surface area contributed by atoms with Crippen molar-refractivity contribution in [3.05, 3.63) is 35.0 Å². The highest BCUT2D eigenvalue weighted by molar-refractivity contribution is 6.30. The number of nitrogens with zero attached hydrogens (tertiary/aromatic N) is 4. The molecular formula is C15H19ClN4O2. The maximum Gasteiger partial charge on any atom is 0.360 e. The Morgan fingerprint density at radius 3 is 2.27 bits per heavy atom. The van der Waals surface area contributed by atoms with E-state index in [1.165, 1.54) is 4.80 Å². The summed E-state index contributed by atoms with van der Waals surface area (Å²) in [7, 11) is 0. The fourth-order valence-corrected chi connectivity index (χ4v) is 2.33. The van der Waals surface area contributed by atoms with Crippen molar-refractivity contribution in [3.63, 3.8) is 0 Å². The van der Waals surface area contributed by atoms with Crippen LogP contribution >= 0.6 is 11.6 Å². The van der Waals surface area contributed by atoms with Crippen LogP contribution in [-0.2, 0) is 0 Å². The normalized spacial score (nSPS) is 10.7. The van der Waals surface area contributed by atoms with Crippen molar-refractivity contribution in [2.75, 3.05) is 18.0 Å². The van der Waals surface area contributed by atoms with Gasteiger partial charge < -0.3 is 10.0 Å². The quantitative estimate of drug-likeness (QED) is 0.847. The predicted molar refractivity (Wildman–Crippen MR) is 86.1 cm³/mol. The summed E-state index contributed by atoms with van der Waals surface area (Å²) in [5.41, 5.74) is 0.642. The van der Waals surface area contributed by atoms with E-state index in [2.05, 4.69) is 10.2 Å². The molecule has 1 N–H and O–H groups in total. The zero-order chi connectivity index (χ0) is 16.1. The smallest absolute Gasteiger partial charge is 0.360 e. The average molecular weight is 323 g/mol. The van der Waals surface area contributed by atoms with Crippen LogP contribution in [0.5, 0.6) is 0 Å². The summed E-state index contributed by atoms with van der Waals surface area (Å²) in [6.07, 6.45) is 1.82. The van der Waals surface area contributed by atoms with Crippen molar-refractivity contribution in [2.45, 2.75) is 26.7 Å². The largest absolute Gasteiger partial charge is 0.476 e. The molecule has 0 saturated carbocycles. The number of hydrogen-bond donors (Lipinski definition) is 1. The molecule has 0 saturated heterocycles. The highest BCUT2D eigenvalue weighted by Crippen LogP contribution is 2.20. The summed E-state index contributed by atoms with van der Waals surface area (Å²) in [5.74, 6) is -0.668. The molecule has 1 aromatic heterocycles. The maximum atomic E-state index is 11.5. The molecule has 22 heavy (non-hydrogen) atoms. The molecule has 7 heteroatoms. The van der Waals surface area contributed by atoms with Gasteiger partial charge in [0.05, 0.1) is 5.69 Å². The topological polar surface area (TPSA) is 71.2 Å². The number of carbonyl (C=O) groups is 1. The highest BCUT2D eigenvalue weighted by Gasteiger charge is 2.22. The lowest BCUT2D eigenvalue weighted by Crippen LogP contribution is -2.27. The van der Waals surface area contributed by atoms with Crippen LogP contribution in [0.25, 0.3) is 5.69 Å². The zero-order valence-electron chi connectivity index (χ0n) is 12.7. The zero-order valence-corrected chi connectivity index (χ0v) is 13.4. The number of aromatic nitrogens is 3. The summed E-state index contributed by atoms with van der Waals surface area (Å²) < 4.78 is 0. The van der Waals surface area contributed by atoms with Crippen LogP contribution in [0.1, 0.15) is 37.2 Å². The fourth-order valence-electron chi connectivity index (χ4n) is 2.20. The van der Waals surface area contributed by atoms with Gasteiger partial charge in [-0.25, -0.2) is 4.79 Å². The SMILES string of the molecule is CCCN(CCC)c1nn(-c2ccc(Cl)cc2)nc1C(=O)O. The molecule has 0 fully saturated rings. The minimum Gasteiger partial charge on any atom is -0.476 e. The lowest BCUT2D eigenvalue weighted by molar-refractivity contribution is 0.0690. The van der Waals surface area contributed by atoms with Crippen LogP contribution in [0.4, 0.5) is 5.82 Å². The van der Waals surface area contributed by atoms with E-state index in [0.717, 1.165) is 25.9 Å². The van der Waals surface area contributed by atoms with E-state index >= 15 is 0 Å². The van der Waals surface area contributed by atoms with Crippen LogP contribution in [0.2, 0.25) is 5.02 Å². The molecule has 0 amide bonds. The summed E-state index contributed by atoms with van der Waals surface area (Å²) in [6, 6.07) is 6.94. The van der Waals surface area contributed by atoms with Crippen molar-refractivity contribution >= 4 is 23.4 Å². The maximum absolute atomic E-state index is 11.5. The van der Waals surface area contributed by atoms with Crippen molar-refractivity contribution in [1.29, 1.82) is 0 Å². The first-order valence-corrected chi connectivity index (χ1v) is 7.66. The van der Waals surface area contributed by atoms with Crippen molar-refractivity contribution in [3.8, 4) is 5.69 Å². The molecule has 6 nitrogen and oxygen atoms in total. The van der Waals surface area contributed by atoms with Gasteiger partial charge >= 0.3 is 5.97 Å². The van der Waals surface area contributed by atoms with Gasteiger partial charge in [0.15, 0.2) is 5.82 Å². The molecule has 0 aliphatic heterocycles. The lowest BCUT2D eigenvalue weighted by Gasteiger charge is -2.20. The van der Waals surface area contributed by atoms with E-state index in [0.29, 0.717) is 16.5 Å². The molecule has 1 aromatic carbocycles. The van der Waals surface area contributed by atoms with Gasteiger partial charge in [-0.15, -0.1) is 15.0 Å². The van der Waals surface area contributed by atoms with Crippen molar-refractivity contribution in [2.24, 2.45) is 0 Å². The van der Waals surface area contributed by atoms with Gasteiger partial charge in [0.2, 0.25) is 5.69 Å². The molecule has 0 unspecified atom stereocenters. The first-order valence-electron chi connectivity index (χ1n) is 7.28. The van der Waals surface area contributed by atoms with Gasteiger partial charge in [0, 0.05) is 18.1 Å². The Morgan fingerprint density at radius 1 is 1.18 bits per heavy atom. The van der Waals surface area contributed by atoms with Gasteiger partial charge in [0.25, 0.3) is 0 Å². The summed E-state index contributed by atoms with van der Waals surface area (Å²) in [5, 5.41) is 18.5. The van der Waals surface area contributed by atoms with Gasteiger partial charge in [-0.2, -0.15) is 0 Å². The van der Waals surface area contributed by atoms with Gasteiger partial charge in [0.1, 0.15) is 0 Å². The molecule has 0 aliphatic rings. The Hall–Kier alpha value is -2.08. The monoisotopic (exact) mass is 322 g/mol. The molecule has 0 radical (unpaired) electrons. The van der Waals surface area contributed by atoms with E-state index in [-0.39, 0.29) is 5.69 Å². The molecule has 118 valence electrons. The average Bonchev–Trinajstić information content (AvgIpc) is 2.93. The number of halogens is 1. The molecule has 2 aromatic rings. The number of benzene rings is 1. The van der Waals surface area contributed by atoms with Crippen LogP contribution in [0, 0.1) is 0 Å². The molecule has 2 rings (SSSR count). The van der Waals surface area contributed by atoms with Crippen LogP contribution in [-0.4, -0.2) is 39.2 Å². The number of rotatable bonds is 7. The standard InChI is InChI=1S/C15H19ClN4O2/c1-3-9-19(10-4-2)14-13(15(21)22)17-20(18-14)12-7-5-11(16)6-8-12/h5-8H,3-4,9-10H2,1-2H3,(H,21,22). The Labute approximate surface area is 134 Å². The minimum atomic E-state index is -1.08. The second kappa shape index (κ2) is 7.26. The Balaban J connectivity index is 2.44. The Bertz CT molecular complexity index is 633. The van der Waals surface area contributed by atoms with Crippen LogP contribution in [0.15, 0.2) is 24.3 Å². The van der Waals surface area contributed by atoms with E-state index < -0.39 is 5.97 Å². The van der Waals surface area contributed by atoms with Crippen LogP contribution in [0.3, 0.4) is 0 Å². The fraction of sp³-hybridized carbons (Fsp3) is 0.400. The van der Waals surface area contributed by atoms with Crippen LogP contribution < -0.4 is 4.90 Å². The third-order valence-corrected chi connectivity index (χ3v) is 3.39. The Kier molecular flexibility index (Phi) is 5.38. The number of hydrogen-bond acceptors (Lipinski definition) is 4. The van der Waals surface area contributed by atoms with E-state index in [9.17, 15) is 9.90 Å². The number of aromatic carboxylic acids is 1. The third-order valence-electron chi connectivity index (χ3n) is 3.14. The molecule has 0 aliphatic carbocycles. The molecule has 0 atom stereocenters. The first kappa shape index (κ1) is 16.3. The van der Waals surface area contributed by atoms with E-state index in [4.69, 9.17) is 11.6 Å². The lowest BCUT2D eigenvalue weighted by atomic mass is 10.3. The van der Waals surface area contributed by atoms with Crippen molar-refractivity contribution in [1.82, 2.24) is 15.0 Å². The predicted octanol–water partition coefficient (Wildman–Crippen LogP) is 3.25. The van der Waals surface area contributed by atoms with Gasteiger partial charge in [-0.3, -0.25) is 0 Å². The second-order valence-corrected chi connectivity index (χ2v) is 5.37. The van der Waals surface area contributed by atoms with Gasteiger partial charge in [-0.1, -0.05) is 25.4 Å². The van der Waals surface area contributed by atoms with E-state index in [1.807, 2.05) is 18.7 Å². The third kappa shape index (κ3) is 3.57. The van der Waals surface area contributed by atoms with E-state index in [1.54, 1.807) is 24.3 Å². The summed E-state index contributed by atoms with van der Waals surface area (Å²) in [6.45, 7) is 5.58. The van der Waals surface area contributed by atoms with Gasteiger partial charge in [-0.05, 0) is 37.1 Å². The Morgan fingerprint density at radius 2 is 1.77 bits per heavy atom. The second-order valence-electron chi connectivity index (χ2n) is 4.93. The molecular weight excluding hydrogens is 304 g/mol. The molecule has 0 spiro atoms. The highest BCUT2D eigenvalue weighted by atomic mass is 35.5. The summed E-state index contributed by atoms with van der Waals surface area (Å²) in [4.78, 5) is 14.8. The first-order chi connectivity index (χ1) is 10.6. The number of carboxylic acids is 1. The van der Waals surface area contributed by atoms with Crippen molar-refractivity contribution < 1.29 is 9.90 Å². The summed E-state index contributed by atoms with van der Waals surface area (Å²) >= 11 is 5.87. The minimum absolute atomic E-state index is 0.0307. The molecule has 1 heterocycles. The number of carboxylic acid groups (broad SMARTS) is 1.